The maximum Gasteiger partial charge on any atom is 0.306 e. The molecule has 0 saturated heterocycles. The molecule has 168 valence electrons. The molecule has 33 heavy (non-hydrogen) atoms. The van der Waals surface area contributed by atoms with Crippen molar-refractivity contribution in [2.24, 2.45) is 0 Å². The summed E-state index contributed by atoms with van der Waals surface area (Å²) in [6, 6.07) is 21.6. The number of rotatable bonds is 8. The molecule has 0 spiro atoms. The number of ketones is 1. The highest BCUT2D eigenvalue weighted by Crippen LogP contribution is 2.45. The van der Waals surface area contributed by atoms with Gasteiger partial charge in [-0.2, -0.15) is 0 Å². The molecule has 0 saturated carbocycles. The molecule has 0 bridgehead atoms. The van der Waals surface area contributed by atoms with Crippen molar-refractivity contribution in [1.29, 1.82) is 0 Å². The lowest BCUT2D eigenvalue weighted by Crippen LogP contribution is -2.08. The van der Waals surface area contributed by atoms with Gasteiger partial charge in [0.15, 0.2) is 5.78 Å². The Kier molecular flexibility index (Phi) is 6.59. The van der Waals surface area contributed by atoms with Crippen LogP contribution in [0.1, 0.15) is 30.1 Å². The molecular formula is C28H26O5. The Labute approximate surface area is 192 Å². The molecule has 0 atom stereocenters. The second-order valence-electron chi connectivity index (χ2n) is 7.67. The molecule has 0 aliphatic heterocycles. The largest absolute Gasteiger partial charge is 0.496 e. The number of ether oxygens (including phenoxy) is 3. The van der Waals surface area contributed by atoms with Crippen LogP contribution < -0.4 is 9.47 Å². The third kappa shape index (κ3) is 4.40. The van der Waals surface area contributed by atoms with Gasteiger partial charge in [0.2, 0.25) is 0 Å². The second kappa shape index (κ2) is 9.74. The van der Waals surface area contributed by atoms with E-state index in [9.17, 15) is 9.59 Å². The van der Waals surface area contributed by atoms with Gasteiger partial charge in [0.1, 0.15) is 11.5 Å². The van der Waals surface area contributed by atoms with Gasteiger partial charge in [-0.15, -0.1) is 0 Å². The zero-order chi connectivity index (χ0) is 23.4. The number of esters is 1. The number of methoxy groups -OCH3 is 2. The van der Waals surface area contributed by atoms with Crippen LogP contribution in [-0.2, 0) is 9.53 Å². The average molecular weight is 443 g/mol. The molecule has 0 fully saturated rings. The standard InChI is InChI=1S/C28H26O5/c1-4-33-26(30)16-13-23(29)20-9-12-22-19(17-20)11-15-25(32-3)28(22)27-21-8-6-5-7-18(21)10-14-24(27)31-2/h5-12,14-15,17H,4,13,16H2,1-3H3. The number of hydrogen-bond acceptors (Lipinski definition) is 5. The summed E-state index contributed by atoms with van der Waals surface area (Å²) in [6.07, 6.45) is 0.191. The van der Waals surface area contributed by atoms with Crippen LogP contribution in [0.15, 0.2) is 66.7 Å². The zero-order valence-corrected chi connectivity index (χ0v) is 19.0. The molecule has 0 aliphatic rings. The van der Waals surface area contributed by atoms with E-state index >= 15 is 0 Å². The smallest absolute Gasteiger partial charge is 0.306 e. The monoisotopic (exact) mass is 442 g/mol. The van der Waals surface area contributed by atoms with Crippen LogP contribution in [0.5, 0.6) is 11.5 Å². The average Bonchev–Trinajstić information content (AvgIpc) is 2.85. The number of carbonyl (C=O) groups is 2. The van der Waals surface area contributed by atoms with Crippen LogP contribution in [0.2, 0.25) is 0 Å². The molecule has 0 aromatic heterocycles. The highest BCUT2D eigenvalue weighted by Gasteiger charge is 2.19. The van der Waals surface area contributed by atoms with Crippen molar-refractivity contribution in [3.63, 3.8) is 0 Å². The first kappa shape index (κ1) is 22.3. The molecular weight excluding hydrogens is 416 g/mol. The van der Waals surface area contributed by atoms with Crippen LogP contribution in [0, 0.1) is 0 Å². The quantitative estimate of drug-likeness (QED) is 0.240. The van der Waals surface area contributed by atoms with Crippen LogP contribution in [0.3, 0.4) is 0 Å². The minimum absolute atomic E-state index is 0.0752. The number of Topliss-reactive ketones (excluding diaryl/α,β-unsaturated/α-hetero) is 1. The number of hydrogen-bond donors (Lipinski definition) is 0. The number of fused-ring (bicyclic) bond motifs is 2. The summed E-state index contributed by atoms with van der Waals surface area (Å²) in [6.45, 7) is 2.06. The lowest BCUT2D eigenvalue weighted by molar-refractivity contribution is -0.143. The van der Waals surface area contributed by atoms with E-state index in [0.717, 1.165) is 44.2 Å². The van der Waals surface area contributed by atoms with E-state index in [2.05, 4.69) is 12.1 Å². The highest BCUT2D eigenvalue weighted by molar-refractivity contribution is 6.11. The Hall–Kier alpha value is -3.86. The van der Waals surface area contributed by atoms with Crippen LogP contribution in [0.25, 0.3) is 32.7 Å². The Morgan fingerprint density at radius 1 is 0.727 bits per heavy atom. The Balaban J connectivity index is 1.84. The van der Waals surface area contributed by atoms with Gasteiger partial charge in [-0.3, -0.25) is 9.59 Å². The van der Waals surface area contributed by atoms with Crippen molar-refractivity contribution in [1.82, 2.24) is 0 Å². The van der Waals surface area contributed by atoms with E-state index in [1.807, 2.05) is 48.5 Å². The molecule has 0 radical (unpaired) electrons. The normalized spacial score (nSPS) is 10.9. The van der Waals surface area contributed by atoms with Crippen molar-refractivity contribution in [2.45, 2.75) is 19.8 Å². The minimum atomic E-state index is -0.360. The minimum Gasteiger partial charge on any atom is -0.496 e. The van der Waals surface area contributed by atoms with Crippen molar-refractivity contribution >= 4 is 33.3 Å². The SMILES string of the molecule is CCOC(=O)CCC(=O)c1ccc2c(-c3c(OC)ccc4ccccc34)c(OC)ccc2c1. The summed E-state index contributed by atoms with van der Waals surface area (Å²) >= 11 is 0. The first-order valence-electron chi connectivity index (χ1n) is 10.9. The fourth-order valence-electron chi connectivity index (χ4n) is 4.18. The van der Waals surface area contributed by atoms with Gasteiger partial charge in [-0.1, -0.05) is 48.5 Å². The summed E-state index contributed by atoms with van der Waals surface area (Å²) in [5.41, 5.74) is 2.42. The molecule has 4 aromatic carbocycles. The first-order chi connectivity index (χ1) is 16.1. The molecule has 0 amide bonds. The van der Waals surface area contributed by atoms with Gasteiger partial charge >= 0.3 is 5.97 Å². The van der Waals surface area contributed by atoms with E-state index in [4.69, 9.17) is 14.2 Å². The number of benzene rings is 4. The maximum atomic E-state index is 12.7. The molecule has 0 N–H and O–H groups in total. The third-order valence-corrected chi connectivity index (χ3v) is 5.75. The van der Waals surface area contributed by atoms with Gasteiger partial charge in [-0.05, 0) is 46.7 Å². The Morgan fingerprint density at radius 3 is 2.03 bits per heavy atom. The van der Waals surface area contributed by atoms with E-state index in [1.54, 1.807) is 27.2 Å². The molecule has 0 aliphatic carbocycles. The van der Waals surface area contributed by atoms with E-state index in [-0.39, 0.29) is 24.6 Å². The predicted molar refractivity (Wildman–Crippen MR) is 130 cm³/mol. The van der Waals surface area contributed by atoms with Gasteiger partial charge in [0.05, 0.1) is 27.2 Å². The highest BCUT2D eigenvalue weighted by atomic mass is 16.5. The summed E-state index contributed by atoms with van der Waals surface area (Å²) in [5, 5.41) is 4.00. The van der Waals surface area contributed by atoms with Crippen molar-refractivity contribution < 1.29 is 23.8 Å². The van der Waals surface area contributed by atoms with Gasteiger partial charge in [0, 0.05) is 23.1 Å². The lowest BCUT2D eigenvalue weighted by atomic mass is 9.91. The number of carbonyl (C=O) groups excluding carboxylic acids is 2. The van der Waals surface area contributed by atoms with Crippen LogP contribution in [-0.4, -0.2) is 32.6 Å². The molecule has 5 nitrogen and oxygen atoms in total. The van der Waals surface area contributed by atoms with Gasteiger partial charge in [-0.25, -0.2) is 0 Å². The zero-order valence-electron chi connectivity index (χ0n) is 19.0. The Morgan fingerprint density at radius 2 is 1.36 bits per heavy atom. The second-order valence-corrected chi connectivity index (χ2v) is 7.67. The molecule has 5 heteroatoms. The maximum absolute atomic E-state index is 12.7. The van der Waals surface area contributed by atoms with Crippen molar-refractivity contribution in [3.8, 4) is 22.6 Å². The van der Waals surface area contributed by atoms with Crippen LogP contribution >= 0.6 is 0 Å². The fourth-order valence-corrected chi connectivity index (χ4v) is 4.18. The van der Waals surface area contributed by atoms with Crippen molar-refractivity contribution in [3.05, 3.63) is 72.3 Å². The van der Waals surface area contributed by atoms with Gasteiger partial charge < -0.3 is 14.2 Å². The summed E-state index contributed by atoms with van der Waals surface area (Å²) in [5.74, 6) is 1.01. The topological polar surface area (TPSA) is 61.8 Å². The van der Waals surface area contributed by atoms with E-state index < -0.39 is 0 Å². The summed E-state index contributed by atoms with van der Waals surface area (Å²) in [7, 11) is 3.31. The summed E-state index contributed by atoms with van der Waals surface area (Å²) < 4.78 is 16.4. The first-order valence-corrected chi connectivity index (χ1v) is 10.9. The molecule has 0 unspecified atom stereocenters. The van der Waals surface area contributed by atoms with Crippen LogP contribution in [0.4, 0.5) is 0 Å². The van der Waals surface area contributed by atoms with E-state index in [1.165, 1.54) is 0 Å². The third-order valence-electron chi connectivity index (χ3n) is 5.75. The Bertz CT molecular complexity index is 1340. The predicted octanol–water partition coefficient (Wildman–Crippen LogP) is 6.20. The molecule has 0 heterocycles. The van der Waals surface area contributed by atoms with Gasteiger partial charge in [0.25, 0.3) is 0 Å². The van der Waals surface area contributed by atoms with Crippen molar-refractivity contribution in [2.75, 3.05) is 20.8 Å². The molecule has 4 rings (SSSR count). The lowest BCUT2D eigenvalue weighted by Gasteiger charge is -2.18. The summed E-state index contributed by atoms with van der Waals surface area (Å²) in [4.78, 5) is 24.3. The fraction of sp³-hybridized carbons (Fsp3) is 0.214. The molecule has 4 aromatic rings. The van der Waals surface area contributed by atoms with E-state index in [0.29, 0.717) is 12.2 Å².